The lowest BCUT2D eigenvalue weighted by Gasteiger charge is -2.28. The van der Waals surface area contributed by atoms with Crippen LogP contribution in [0.15, 0.2) is 18.2 Å². The van der Waals surface area contributed by atoms with Gasteiger partial charge < -0.3 is 14.6 Å². The number of aromatic nitrogens is 3. The highest BCUT2D eigenvalue weighted by Gasteiger charge is 2.33. The first kappa shape index (κ1) is 17.1. The van der Waals surface area contributed by atoms with E-state index in [0.717, 1.165) is 47.9 Å². The molecule has 7 nitrogen and oxygen atoms in total. The van der Waals surface area contributed by atoms with Crippen LogP contribution >= 0.6 is 11.3 Å². The maximum atomic E-state index is 10.9. The smallest absolute Gasteiger partial charge is 0.230 e. The van der Waals surface area contributed by atoms with E-state index in [1.54, 1.807) is 14.2 Å². The quantitative estimate of drug-likeness (QED) is 0.740. The zero-order chi connectivity index (χ0) is 18.3. The summed E-state index contributed by atoms with van der Waals surface area (Å²) in [5.74, 6) is 2.33. The summed E-state index contributed by atoms with van der Waals surface area (Å²) in [6, 6.07) is 5.66. The molecule has 0 aliphatic carbocycles. The van der Waals surface area contributed by atoms with E-state index in [4.69, 9.17) is 9.47 Å². The minimum absolute atomic E-state index is 0.128. The molecule has 1 aliphatic rings. The molecule has 0 unspecified atom stereocenters. The van der Waals surface area contributed by atoms with Gasteiger partial charge in [0.25, 0.3) is 0 Å². The lowest BCUT2D eigenvalue weighted by Crippen LogP contribution is -2.26. The molecule has 0 bridgehead atoms. The highest BCUT2D eigenvalue weighted by molar-refractivity contribution is 7.17. The molecule has 1 aliphatic heterocycles. The van der Waals surface area contributed by atoms with Gasteiger partial charge in [-0.15, -0.1) is 5.10 Å². The second kappa shape index (κ2) is 6.77. The van der Waals surface area contributed by atoms with Gasteiger partial charge in [0.1, 0.15) is 17.3 Å². The van der Waals surface area contributed by atoms with Gasteiger partial charge in [0.2, 0.25) is 10.8 Å². The van der Waals surface area contributed by atoms with Crippen molar-refractivity contribution in [2.75, 3.05) is 27.3 Å². The largest absolute Gasteiger partial charge is 0.497 e. The van der Waals surface area contributed by atoms with Crippen LogP contribution in [0, 0.1) is 6.92 Å². The van der Waals surface area contributed by atoms with Gasteiger partial charge in [0.15, 0.2) is 0 Å². The summed E-state index contributed by atoms with van der Waals surface area (Å²) >= 11 is 1.47. The van der Waals surface area contributed by atoms with Gasteiger partial charge in [0.05, 0.1) is 25.1 Å². The van der Waals surface area contributed by atoms with Crippen LogP contribution in [0.1, 0.15) is 35.1 Å². The topological polar surface area (TPSA) is 72.1 Å². The Balaban J connectivity index is 1.90. The predicted molar refractivity (Wildman–Crippen MR) is 99.5 cm³/mol. The van der Waals surface area contributed by atoms with Crippen LogP contribution in [0.5, 0.6) is 17.4 Å². The van der Waals surface area contributed by atoms with Crippen molar-refractivity contribution in [3.8, 4) is 17.4 Å². The second-order valence-electron chi connectivity index (χ2n) is 6.40. The third-order valence-electron chi connectivity index (χ3n) is 4.79. The average molecular weight is 374 g/mol. The van der Waals surface area contributed by atoms with Gasteiger partial charge in [-0.1, -0.05) is 11.3 Å². The van der Waals surface area contributed by atoms with Gasteiger partial charge in [-0.3, -0.25) is 4.90 Å². The number of fused-ring (bicyclic) bond motifs is 1. The van der Waals surface area contributed by atoms with Crippen molar-refractivity contribution in [1.29, 1.82) is 0 Å². The van der Waals surface area contributed by atoms with E-state index in [0.29, 0.717) is 10.8 Å². The first-order chi connectivity index (χ1) is 12.6. The normalized spacial score (nSPS) is 16.3. The fourth-order valence-corrected chi connectivity index (χ4v) is 4.74. The second-order valence-corrected chi connectivity index (χ2v) is 7.41. The van der Waals surface area contributed by atoms with Crippen LogP contribution in [-0.4, -0.2) is 51.9 Å². The highest BCUT2D eigenvalue weighted by Crippen LogP contribution is 2.44. The van der Waals surface area contributed by atoms with Crippen LogP contribution < -0.4 is 9.47 Å². The molecular weight excluding hydrogens is 352 g/mol. The number of rotatable bonds is 5. The Hall–Kier alpha value is -2.32. The van der Waals surface area contributed by atoms with Crippen molar-refractivity contribution in [3.63, 3.8) is 0 Å². The molecule has 0 saturated carbocycles. The molecule has 1 aromatic carbocycles. The van der Waals surface area contributed by atoms with E-state index in [1.165, 1.54) is 15.9 Å². The van der Waals surface area contributed by atoms with Gasteiger partial charge in [-0.05, 0) is 51.1 Å². The van der Waals surface area contributed by atoms with E-state index >= 15 is 0 Å². The van der Waals surface area contributed by atoms with Crippen LogP contribution in [-0.2, 0) is 0 Å². The number of hydrogen-bond donors (Lipinski definition) is 1. The molecule has 1 fully saturated rings. The molecule has 1 N–H and O–H groups in total. The molecule has 0 amide bonds. The maximum absolute atomic E-state index is 10.9. The molecule has 3 heterocycles. The van der Waals surface area contributed by atoms with Gasteiger partial charge in [-0.2, -0.15) is 4.52 Å². The van der Waals surface area contributed by atoms with E-state index in [-0.39, 0.29) is 11.9 Å². The molecule has 3 aromatic rings. The average Bonchev–Trinajstić information content (AvgIpc) is 3.35. The molecule has 0 radical (unpaired) electrons. The summed E-state index contributed by atoms with van der Waals surface area (Å²) in [7, 11) is 3.32. The Morgan fingerprint density at radius 1 is 1.19 bits per heavy atom. The Kier molecular flexibility index (Phi) is 4.46. The fraction of sp³-hybridized carbons (Fsp3) is 0.444. The van der Waals surface area contributed by atoms with E-state index in [1.807, 2.05) is 25.1 Å². The summed E-state index contributed by atoms with van der Waals surface area (Å²) in [6.07, 6.45) is 2.28. The number of ether oxygens (including phenoxy) is 2. The zero-order valence-electron chi connectivity index (χ0n) is 15.1. The Labute approximate surface area is 155 Å². The SMILES string of the molecule is COc1ccc(OC)c([C@H](c2sc3nc(C)nn3c2O)N2CCCC2)c1. The van der Waals surface area contributed by atoms with Crippen molar-refractivity contribution < 1.29 is 14.6 Å². The molecule has 138 valence electrons. The summed E-state index contributed by atoms with van der Waals surface area (Å²) in [6.45, 7) is 3.76. The molecule has 1 saturated heterocycles. The molecule has 2 aromatic heterocycles. The fourth-order valence-electron chi connectivity index (χ4n) is 3.58. The number of aryl methyl sites for hydroxylation is 1. The van der Waals surface area contributed by atoms with Crippen molar-refractivity contribution >= 4 is 16.3 Å². The summed E-state index contributed by atoms with van der Waals surface area (Å²) in [5, 5.41) is 15.2. The zero-order valence-corrected chi connectivity index (χ0v) is 15.9. The standard InChI is InChI=1S/C18H22N4O3S/c1-11-19-18-22(20-11)17(23)16(26-18)15(21-8-4-5-9-21)13-10-12(24-2)6-7-14(13)25-3/h6-7,10,15,23H,4-5,8-9H2,1-3H3/t15-/m1/s1. The monoisotopic (exact) mass is 374 g/mol. The summed E-state index contributed by atoms with van der Waals surface area (Å²) in [4.78, 5) is 8.30. The van der Waals surface area contributed by atoms with E-state index < -0.39 is 0 Å². The lowest BCUT2D eigenvalue weighted by atomic mass is 10.0. The molecule has 8 heteroatoms. The minimum atomic E-state index is -0.128. The molecule has 1 atom stereocenters. The number of hydrogen-bond acceptors (Lipinski definition) is 7. The Morgan fingerprint density at radius 3 is 2.62 bits per heavy atom. The van der Waals surface area contributed by atoms with Crippen molar-refractivity contribution in [1.82, 2.24) is 19.5 Å². The number of nitrogens with zero attached hydrogens (tertiary/aromatic N) is 4. The van der Waals surface area contributed by atoms with Crippen molar-refractivity contribution in [2.24, 2.45) is 0 Å². The Bertz CT molecular complexity index is 930. The predicted octanol–water partition coefficient (Wildman–Crippen LogP) is 3.01. The number of aromatic hydroxyl groups is 1. The summed E-state index contributed by atoms with van der Waals surface area (Å²) < 4.78 is 12.6. The van der Waals surface area contributed by atoms with Gasteiger partial charge in [0, 0.05) is 5.56 Å². The van der Waals surface area contributed by atoms with Crippen LogP contribution in [0.25, 0.3) is 4.96 Å². The number of benzene rings is 1. The Morgan fingerprint density at radius 2 is 1.96 bits per heavy atom. The van der Waals surface area contributed by atoms with Crippen molar-refractivity contribution in [3.05, 3.63) is 34.5 Å². The molecule has 26 heavy (non-hydrogen) atoms. The number of thiazole rings is 1. The lowest BCUT2D eigenvalue weighted by molar-refractivity contribution is 0.269. The number of likely N-dealkylation sites (tertiary alicyclic amines) is 1. The molecular formula is C18H22N4O3S. The molecule has 0 spiro atoms. The van der Waals surface area contributed by atoms with Gasteiger partial charge in [-0.25, -0.2) is 4.98 Å². The van der Waals surface area contributed by atoms with Crippen LogP contribution in [0.3, 0.4) is 0 Å². The first-order valence-corrected chi connectivity index (χ1v) is 9.45. The van der Waals surface area contributed by atoms with Crippen LogP contribution in [0.4, 0.5) is 0 Å². The first-order valence-electron chi connectivity index (χ1n) is 8.63. The van der Waals surface area contributed by atoms with E-state index in [9.17, 15) is 5.11 Å². The van der Waals surface area contributed by atoms with Gasteiger partial charge >= 0.3 is 0 Å². The highest BCUT2D eigenvalue weighted by atomic mass is 32.1. The minimum Gasteiger partial charge on any atom is -0.497 e. The molecule has 4 rings (SSSR count). The summed E-state index contributed by atoms with van der Waals surface area (Å²) in [5.41, 5.74) is 0.977. The van der Waals surface area contributed by atoms with Crippen LogP contribution in [0.2, 0.25) is 0 Å². The van der Waals surface area contributed by atoms with E-state index in [2.05, 4.69) is 15.0 Å². The van der Waals surface area contributed by atoms with Crippen molar-refractivity contribution in [2.45, 2.75) is 25.8 Å². The third kappa shape index (κ3) is 2.79. The maximum Gasteiger partial charge on any atom is 0.230 e. The number of methoxy groups -OCH3 is 2. The third-order valence-corrected chi connectivity index (χ3v) is 5.86.